The fraction of sp³-hybridized carbons (Fsp3) is 0.556. The highest BCUT2D eigenvalue weighted by Gasteiger charge is 2.20. The molecule has 0 aliphatic rings. The molecule has 1 N–H and O–H groups in total. The Balaban J connectivity index is 2.90. The van der Waals surface area contributed by atoms with Gasteiger partial charge in [-0.25, -0.2) is 0 Å². The summed E-state index contributed by atoms with van der Waals surface area (Å²) in [5.41, 5.74) is 0.117. The van der Waals surface area contributed by atoms with Crippen molar-refractivity contribution in [2.75, 3.05) is 0 Å². The molecule has 0 aliphatic carbocycles. The Labute approximate surface area is 88.2 Å². The highest BCUT2D eigenvalue weighted by Crippen LogP contribution is 2.14. The average molecular weight is 216 g/mol. The van der Waals surface area contributed by atoms with Crippen molar-refractivity contribution < 1.29 is 4.79 Å². The summed E-state index contributed by atoms with van der Waals surface area (Å²) in [6.45, 7) is 5.74. The first-order valence-corrected chi connectivity index (χ1v) is 4.69. The number of hydrogen-bond donors (Lipinski definition) is 1. The summed E-state index contributed by atoms with van der Waals surface area (Å²) in [7, 11) is 1.68. The third kappa shape index (κ3) is 2.48. The minimum atomic E-state index is -0.273. The molecule has 0 bridgehead atoms. The Bertz CT molecular complexity index is 332. The second-order valence-corrected chi connectivity index (χ2v) is 4.58. The van der Waals surface area contributed by atoms with Crippen molar-refractivity contribution in [3.63, 3.8) is 0 Å². The number of carbonyl (C=O) groups is 1. The Morgan fingerprint density at radius 2 is 2.14 bits per heavy atom. The molecule has 0 aromatic carbocycles. The van der Waals surface area contributed by atoms with Crippen molar-refractivity contribution in [2.45, 2.75) is 26.3 Å². The van der Waals surface area contributed by atoms with Crippen LogP contribution in [0.25, 0.3) is 0 Å². The topological polar surface area (TPSA) is 46.9 Å². The van der Waals surface area contributed by atoms with E-state index in [1.807, 2.05) is 20.8 Å². The van der Waals surface area contributed by atoms with Crippen LogP contribution in [0.5, 0.6) is 0 Å². The fourth-order valence-electron chi connectivity index (χ4n) is 1.07. The number of nitrogens with zero attached hydrogens (tertiary/aromatic N) is 2. The summed E-state index contributed by atoms with van der Waals surface area (Å²) in [4.78, 5) is 11.7. The molecule has 0 unspecified atom stereocenters. The van der Waals surface area contributed by atoms with E-state index >= 15 is 0 Å². The number of amides is 1. The molecule has 1 heterocycles. The predicted octanol–water partition coefficient (Wildman–Crippen LogP) is 1.60. The zero-order chi connectivity index (χ0) is 10.9. The third-order valence-electron chi connectivity index (χ3n) is 1.60. The highest BCUT2D eigenvalue weighted by atomic mass is 35.5. The molecule has 5 heteroatoms. The van der Waals surface area contributed by atoms with Crippen LogP contribution in [0, 0.1) is 0 Å². The summed E-state index contributed by atoms with van der Waals surface area (Å²) in [5.74, 6) is -0.206. The normalized spacial score (nSPS) is 11.5. The highest BCUT2D eigenvalue weighted by molar-refractivity contribution is 6.33. The molecule has 0 radical (unpaired) electrons. The fourth-order valence-corrected chi connectivity index (χ4v) is 1.32. The van der Waals surface area contributed by atoms with Gasteiger partial charge in [-0.3, -0.25) is 9.48 Å². The summed E-state index contributed by atoms with van der Waals surface area (Å²) >= 11 is 5.82. The molecule has 1 rings (SSSR count). The van der Waals surface area contributed by atoms with E-state index in [-0.39, 0.29) is 11.4 Å². The SMILES string of the molecule is Cn1ncc(Cl)c1C(=O)NC(C)(C)C. The number of nitrogens with one attached hydrogen (secondary N) is 1. The second kappa shape index (κ2) is 3.61. The van der Waals surface area contributed by atoms with Crippen molar-refractivity contribution >= 4 is 17.5 Å². The van der Waals surface area contributed by atoms with Crippen LogP contribution in [0.1, 0.15) is 31.3 Å². The van der Waals surface area contributed by atoms with Crippen LogP contribution in [0.3, 0.4) is 0 Å². The minimum absolute atomic E-state index is 0.206. The largest absolute Gasteiger partial charge is 0.346 e. The smallest absolute Gasteiger partial charge is 0.271 e. The molecular formula is C9H14ClN3O. The monoisotopic (exact) mass is 215 g/mol. The van der Waals surface area contributed by atoms with Crippen LogP contribution in [0.2, 0.25) is 5.02 Å². The van der Waals surface area contributed by atoms with Gasteiger partial charge in [0.1, 0.15) is 5.69 Å². The zero-order valence-corrected chi connectivity index (χ0v) is 9.51. The average Bonchev–Trinajstić information content (AvgIpc) is 2.27. The van der Waals surface area contributed by atoms with E-state index in [1.54, 1.807) is 7.05 Å². The van der Waals surface area contributed by atoms with Gasteiger partial charge < -0.3 is 5.32 Å². The maximum absolute atomic E-state index is 11.7. The number of halogens is 1. The molecule has 0 fully saturated rings. The van der Waals surface area contributed by atoms with Gasteiger partial charge in [0, 0.05) is 12.6 Å². The van der Waals surface area contributed by atoms with E-state index in [9.17, 15) is 4.79 Å². The lowest BCUT2D eigenvalue weighted by Gasteiger charge is -2.20. The van der Waals surface area contributed by atoms with E-state index in [2.05, 4.69) is 10.4 Å². The van der Waals surface area contributed by atoms with Crippen LogP contribution in [0.4, 0.5) is 0 Å². The first kappa shape index (κ1) is 11.0. The van der Waals surface area contributed by atoms with Gasteiger partial charge >= 0.3 is 0 Å². The Morgan fingerprint density at radius 1 is 1.57 bits per heavy atom. The molecule has 1 aromatic rings. The quantitative estimate of drug-likeness (QED) is 0.774. The van der Waals surface area contributed by atoms with Crippen molar-refractivity contribution in [2.24, 2.45) is 7.05 Å². The van der Waals surface area contributed by atoms with Gasteiger partial charge in [-0.15, -0.1) is 0 Å². The molecule has 0 saturated carbocycles. The zero-order valence-electron chi connectivity index (χ0n) is 8.76. The van der Waals surface area contributed by atoms with Crippen molar-refractivity contribution in [3.8, 4) is 0 Å². The first-order valence-electron chi connectivity index (χ1n) is 4.31. The Hall–Kier alpha value is -1.03. The molecule has 0 atom stereocenters. The number of aromatic nitrogens is 2. The van der Waals surface area contributed by atoms with Gasteiger partial charge in [0.2, 0.25) is 0 Å². The minimum Gasteiger partial charge on any atom is -0.346 e. The molecule has 1 amide bonds. The van der Waals surface area contributed by atoms with E-state index in [0.29, 0.717) is 10.7 Å². The Morgan fingerprint density at radius 3 is 2.50 bits per heavy atom. The molecule has 1 aromatic heterocycles. The molecule has 78 valence electrons. The Kier molecular flexibility index (Phi) is 2.85. The summed E-state index contributed by atoms with van der Waals surface area (Å²) in [6.07, 6.45) is 1.46. The maximum Gasteiger partial charge on any atom is 0.271 e. The molecule has 0 aliphatic heterocycles. The van der Waals surface area contributed by atoms with Crippen molar-refractivity contribution in [1.82, 2.24) is 15.1 Å². The van der Waals surface area contributed by atoms with Crippen LogP contribution in [-0.2, 0) is 7.05 Å². The molecular weight excluding hydrogens is 202 g/mol. The summed E-state index contributed by atoms with van der Waals surface area (Å²) < 4.78 is 1.46. The maximum atomic E-state index is 11.7. The van der Waals surface area contributed by atoms with Crippen LogP contribution >= 0.6 is 11.6 Å². The second-order valence-electron chi connectivity index (χ2n) is 4.17. The van der Waals surface area contributed by atoms with Gasteiger partial charge in [0.15, 0.2) is 0 Å². The van der Waals surface area contributed by atoms with Gasteiger partial charge in [0.05, 0.1) is 11.2 Å². The molecule has 0 saturated heterocycles. The molecule has 0 spiro atoms. The lowest BCUT2D eigenvalue weighted by molar-refractivity contribution is 0.0910. The van der Waals surface area contributed by atoms with E-state index in [1.165, 1.54) is 10.9 Å². The number of rotatable bonds is 1. The lowest BCUT2D eigenvalue weighted by atomic mass is 10.1. The summed E-state index contributed by atoms with van der Waals surface area (Å²) in [5, 5.41) is 7.08. The van der Waals surface area contributed by atoms with Crippen LogP contribution in [-0.4, -0.2) is 21.2 Å². The van der Waals surface area contributed by atoms with Crippen molar-refractivity contribution in [3.05, 3.63) is 16.9 Å². The standard InChI is InChI=1S/C9H14ClN3O/c1-9(2,3)12-8(14)7-6(10)5-11-13(7)4/h5H,1-4H3,(H,12,14). The number of aryl methyl sites for hydroxylation is 1. The predicted molar refractivity (Wildman–Crippen MR) is 55.4 cm³/mol. The van der Waals surface area contributed by atoms with Gasteiger partial charge in [-0.2, -0.15) is 5.10 Å². The van der Waals surface area contributed by atoms with Gasteiger partial charge in [-0.1, -0.05) is 11.6 Å². The van der Waals surface area contributed by atoms with E-state index in [0.717, 1.165) is 0 Å². The van der Waals surface area contributed by atoms with Crippen LogP contribution in [0.15, 0.2) is 6.20 Å². The van der Waals surface area contributed by atoms with E-state index < -0.39 is 0 Å². The van der Waals surface area contributed by atoms with Crippen molar-refractivity contribution in [1.29, 1.82) is 0 Å². The third-order valence-corrected chi connectivity index (χ3v) is 1.87. The van der Waals surface area contributed by atoms with Gasteiger partial charge in [-0.05, 0) is 20.8 Å². The molecule has 14 heavy (non-hydrogen) atoms. The van der Waals surface area contributed by atoms with Gasteiger partial charge in [0.25, 0.3) is 5.91 Å². The molecule has 4 nitrogen and oxygen atoms in total. The number of carbonyl (C=O) groups excluding carboxylic acids is 1. The first-order chi connectivity index (χ1) is 6.31. The summed E-state index contributed by atoms with van der Waals surface area (Å²) in [6, 6.07) is 0. The lowest BCUT2D eigenvalue weighted by Crippen LogP contribution is -2.41. The van der Waals surface area contributed by atoms with E-state index in [4.69, 9.17) is 11.6 Å². The van der Waals surface area contributed by atoms with Crippen LogP contribution < -0.4 is 5.32 Å². The number of hydrogen-bond acceptors (Lipinski definition) is 2.